The summed E-state index contributed by atoms with van der Waals surface area (Å²) in [4.78, 5) is 18.1. The van der Waals surface area contributed by atoms with Crippen LogP contribution in [-0.4, -0.2) is 39.3 Å². The first kappa shape index (κ1) is 23.1. The van der Waals surface area contributed by atoms with Crippen molar-refractivity contribution in [2.24, 2.45) is 0 Å². The van der Waals surface area contributed by atoms with E-state index in [4.69, 9.17) is 18.9 Å². The Labute approximate surface area is 191 Å². The summed E-state index contributed by atoms with van der Waals surface area (Å²) in [6.07, 6.45) is 3.11. The highest BCUT2D eigenvalue weighted by atomic mass is 32.1. The predicted octanol–water partition coefficient (Wildman–Crippen LogP) is 5.11. The smallest absolute Gasteiger partial charge is 0.250 e. The van der Waals surface area contributed by atoms with Crippen molar-refractivity contribution in [2.45, 2.75) is 13.8 Å². The van der Waals surface area contributed by atoms with Crippen LogP contribution in [0.5, 0.6) is 23.0 Å². The summed E-state index contributed by atoms with van der Waals surface area (Å²) in [6.45, 7) is 3.97. The number of nitrogens with one attached hydrogen (secondary N) is 1. The number of nitrogens with zero attached hydrogens (tertiary/aromatic N) is 1. The molecule has 0 atom stereocenters. The van der Waals surface area contributed by atoms with Crippen molar-refractivity contribution in [2.75, 3.05) is 33.8 Å². The molecule has 3 aromatic rings. The van der Waals surface area contributed by atoms with E-state index in [1.807, 2.05) is 32.0 Å². The van der Waals surface area contributed by atoms with Crippen LogP contribution in [0.2, 0.25) is 0 Å². The number of aryl methyl sites for hydroxylation is 2. The Morgan fingerprint density at radius 2 is 1.59 bits per heavy atom. The van der Waals surface area contributed by atoms with Crippen LogP contribution < -0.4 is 24.3 Å². The maximum absolute atomic E-state index is 12.5. The van der Waals surface area contributed by atoms with Crippen molar-refractivity contribution >= 4 is 28.5 Å². The number of anilines is 1. The van der Waals surface area contributed by atoms with Gasteiger partial charge in [0, 0.05) is 16.5 Å². The van der Waals surface area contributed by atoms with Gasteiger partial charge in [-0.05, 0) is 61.4 Å². The van der Waals surface area contributed by atoms with Gasteiger partial charge < -0.3 is 18.9 Å². The molecule has 0 saturated carbocycles. The van der Waals surface area contributed by atoms with E-state index in [0.717, 1.165) is 33.0 Å². The Bertz CT molecular complexity index is 1130. The van der Waals surface area contributed by atoms with Gasteiger partial charge in [-0.2, -0.15) is 0 Å². The highest BCUT2D eigenvalue weighted by Gasteiger charge is 2.14. The molecule has 3 rings (SSSR count). The Morgan fingerprint density at radius 3 is 2.16 bits per heavy atom. The lowest BCUT2D eigenvalue weighted by Gasteiger charge is -2.12. The zero-order chi connectivity index (χ0) is 23.3. The molecule has 7 nitrogen and oxygen atoms in total. The van der Waals surface area contributed by atoms with Crippen molar-refractivity contribution in [3.05, 3.63) is 52.4 Å². The molecule has 0 aliphatic heterocycles. The van der Waals surface area contributed by atoms with E-state index in [0.29, 0.717) is 22.4 Å². The number of carbonyl (C=O) groups excluding carboxylic acids is 1. The second-order valence-electron chi connectivity index (χ2n) is 6.89. The Morgan fingerprint density at radius 1 is 0.938 bits per heavy atom. The number of hydrogen-bond acceptors (Lipinski definition) is 7. The maximum atomic E-state index is 12.5. The van der Waals surface area contributed by atoms with Crippen LogP contribution in [0, 0.1) is 13.8 Å². The third kappa shape index (κ3) is 5.03. The predicted molar refractivity (Wildman–Crippen MR) is 127 cm³/mol. The molecule has 2 aromatic carbocycles. The molecule has 168 valence electrons. The molecule has 0 aliphatic carbocycles. The molecule has 1 aromatic heterocycles. The van der Waals surface area contributed by atoms with E-state index in [-0.39, 0.29) is 5.91 Å². The molecule has 8 heteroatoms. The van der Waals surface area contributed by atoms with Crippen LogP contribution in [0.4, 0.5) is 5.13 Å². The van der Waals surface area contributed by atoms with Gasteiger partial charge in [0.05, 0.1) is 34.1 Å². The fourth-order valence-electron chi connectivity index (χ4n) is 3.26. The number of carbonyl (C=O) groups is 1. The summed E-state index contributed by atoms with van der Waals surface area (Å²) < 4.78 is 21.3. The van der Waals surface area contributed by atoms with Gasteiger partial charge >= 0.3 is 0 Å². The zero-order valence-electron chi connectivity index (χ0n) is 18.9. The average molecular weight is 455 g/mol. The number of hydrogen-bond donors (Lipinski definition) is 1. The van der Waals surface area contributed by atoms with Gasteiger partial charge in [-0.15, -0.1) is 11.3 Å². The van der Waals surface area contributed by atoms with E-state index in [1.165, 1.54) is 17.4 Å². The molecule has 0 aliphatic rings. The number of aromatic nitrogens is 1. The lowest BCUT2D eigenvalue weighted by molar-refractivity contribution is -0.111. The fourth-order valence-corrected chi connectivity index (χ4v) is 4.10. The number of rotatable bonds is 8. The summed E-state index contributed by atoms with van der Waals surface area (Å²) in [5.74, 6) is 2.07. The lowest BCUT2D eigenvalue weighted by Crippen LogP contribution is -2.07. The molecule has 0 bridgehead atoms. The minimum absolute atomic E-state index is 0.287. The van der Waals surface area contributed by atoms with Crippen LogP contribution in [0.3, 0.4) is 0 Å². The molecular weight excluding hydrogens is 428 g/mol. The summed E-state index contributed by atoms with van der Waals surface area (Å²) in [7, 11) is 6.28. The third-order valence-corrected chi connectivity index (χ3v) is 5.70. The topological polar surface area (TPSA) is 78.9 Å². The second-order valence-corrected chi connectivity index (χ2v) is 8.09. The standard InChI is InChI=1S/C24H26N2O5S/c1-14-11-17(8-9-18(14)28-3)22-15(2)32-24(26-22)25-21(27)10-7-16-12-19(29-4)23(31-6)20(13-16)30-5/h7-13H,1-6H3,(H,25,26,27)/b10-7+. The summed E-state index contributed by atoms with van der Waals surface area (Å²) in [5, 5.41) is 3.36. The van der Waals surface area contributed by atoms with Gasteiger partial charge in [0.15, 0.2) is 16.6 Å². The molecule has 1 amide bonds. The quantitative estimate of drug-likeness (QED) is 0.477. The fraction of sp³-hybridized carbons (Fsp3) is 0.250. The van der Waals surface area contributed by atoms with Crippen molar-refractivity contribution < 1.29 is 23.7 Å². The molecule has 1 N–H and O–H groups in total. The van der Waals surface area contributed by atoms with Crippen molar-refractivity contribution in [3.8, 4) is 34.3 Å². The average Bonchev–Trinajstić information content (AvgIpc) is 3.16. The Kier molecular flexibility index (Phi) is 7.37. The van der Waals surface area contributed by atoms with Crippen LogP contribution in [-0.2, 0) is 4.79 Å². The van der Waals surface area contributed by atoms with Gasteiger partial charge in [-0.3, -0.25) is 10.1 Å². The molecule has 32 heavy (non-hydrogen) atoms. The molecule has 0 fully saturated rings. The van der Waals surface area contributed by atoms with Gasteiger partial charge in [-0.1, -0.05) is 0 Å². The molecular formula is C24H26N2O5S. The van der Waals surface area contributed by atoms with Gasteiger partial charge in [0.2, 0.25) is 11.7 Å². The first-order chi connectivity index (χ1) is 15.4. The van der Waals surface area contributed by atoms with E-state index >= 15 is 0 Å². The number of ether oxygens (including phenoxy) is 4. The summed E-state index contributed by atoms with van der Waals surface area (Å²) in [5.41, 5.74) is 3.57. The molecule has 0 saturated heterocycles. The van der Waals surface area contributed by atoms with Gasteiger partial charge in [0.1, 0.15) is 5.75 Å². The van der Waals surface area contributed by atoms with Crippen molar-refractivity contribution in [1.29, 1.82) is 0 Å². The van der Waals surface area contributed by atoms with Gasteiger partial charge in [-0.25, -0.2) is 4.98 Å². The highest BCUT2D eigenvalue weighted by Crippen LogP contribution is 2.38. The van der Waals surface area contributed by atoms with Gasteiger partial charge in [0.25, 0.3) is 0 Å². The van der Waals surface area contributed by atoms with Crippen LogP contribution >= 0.6 is 11.3 Å². The first-order valence-corrected chi connectivity index (χ1v) is 10.6. The van der Waals surface area contributed by atoms with Crippen LogP contribution in [0.15, 0.2) is 36.4 Å². The third-order valence-electron chi connectivity index (χ3n) is 4.81. The number of amides is 1. The summed E-state index contributed by atoms with van der Waals surface area (Å²) in [6, 6.07) is 9.44. The largest absolute Gasteiger partial charge is 0.496 e. The van der Waals surface area contributed by atoms with Crippen LogP contribution in [0.1, 0.15) is 16.0 Å². The van der Waals surface area contributed by atoms with E-state index < -0.39 is 0 Å². The monoisotopic (exact) mass is 454 g/mol. The van der Waals surface area contributed by atoms with E-state index in [1.54, 1.807) is 46.6 Å². The molecule has 0 radical (unpaired) electrons. The summed E-state index contributed by atoms with van der Waals surface area (Å²) >= 11 is 1.43. The van der Waals surface area contributed by atoms with Crippen LogP contribution in [0.25, 0.3) is 17.3 Å². The Balaban J connectivity index is 1.77. The van der Waals surface area contributed by atoms with Crippen molar-refractivity contribution in [1.82, 2.24) is 4.98 Å². The number of thiazole rings is 1. The number of benzene rings is 2. The Hall–Kier alpha value is -3.52. The minimum atomic E-state index is -0.287. The molecule has 1 heterocycles. The lowest BCUT2D eigenvalue weighted by atomic mass is 10.1. The highest BCUT2D eigenvalue weighted by molar-refractivity contribution is 7.16. The first-order valence-electron chi connectivity index (χ1n) is 9.81. The normalized spacial score (nSPS) is 10.8. The second kappa shape index (κ2) is 10.2. The zero-order valence-corrected chi connectivity index (χ0v) is 19.8. The van der Waals surface area contributed by atoms with E-state index in [2.05, 4.69) is 10.3 Å². The molecule has 0 spiro atoms. The number of methoxy groups -OCH3 is 4. The van der Waals surface area contributed by atoms with E-state index in [9.17, 15) is 4.79 Å². The molecule has 0 unspecified atom stereocenters. The maximum Gasteiger partial charge on any atom is 0.250 e. The SMILES string of the molecule is COc1ccc(-c2nc(NC(=O)/C=C/c3cc(OC)c(OC)c(OC)c3)sc2C)cc1C. The van der Waals surface area contributed by atoms with Crippen molar-refractivity contribution in [3.63, 3.8) is 0 Å². The minimum Gasteiger partial charge on any atom is -0.496 e.